The molecule has 0 aromatic heterocycles. The van der Waals surface area contributed by atoms with Crippen molar-refractivity contribution in [2.75, 3.05) is 29.9 Å². The average molecular weight is 463 g/mol. The summed E-state index contributed by atoms with van der Waals surface area (Å²) in [6.07, 6.45) is -0.953. The second kappa shape index (κ2) is 10.9. The lowest BCUT2D eigenvalue weighted by atomic mass is 9.81. The fourth-order valence-corrected chi connectivity index (χ4v) is 4.29. The number of fused-ring (bicyclic) bond motifs is 2. The van der Waals surface area contributed by atoms with Crippen molar-refractivity contribution in [1.82, 2.24) is 0 Å². The monoisotopic (exact) mass is 462 g/mol. The van der Waals surface area contributed by atoms with E-state index in [-0.39, 0.29) is 42.1 Å². The summed E-state index contributed by atoms with van der Waals surface area (Å²) in [4.78, 5) is 29.0. The van der Waals surface area contributed by atoms with E-state index in [0.29, 0.717) is 41.0 Å². The Morgan fingerprint density at radius 1 is 0.969 bits per heavy atom. The molecule has 0 saturated heterocycles. The quantitative estimate of drug-likeness (QED) is 0.387. The van der Waals surface area contributed by atoms with Gasteiger partial charge in [-0.1, -0.05) is 31.2 Å². The molecule has 32 heavy (non-hydrogen) atoms. The van der Waals surface area contributed by atoms with Gasteiger partial charge in [0.2, 0.25) is 0 Å². The number of anilines is 2. The number of hydrogen-bond donors (Lipinski definition) is 4. The van der Waals surface area contributed by atoms with Gasteiger partial charge in [-0.05, 0) is 32.4 Å². The molecule has 0 amide bonds. The lowest BCUT2D eigenvalue weighted by molar-refractivity contribution is 0.0978. The van der Waals surface area contributed by atoms with E-state index in [0.717, 1.165) is 0 Å². The molecule has 174 valence electrons. The van der Waals surface area contributed by atoms with Gasteiger partial charge in [0, 0.05) is 35.6 Å². The highest BCUT2D eigenvalue weighted by atomic mass is 35.5. The summed E-state index contributed by atoms with van der Waals surface area (Å²) in [5.74, 6) is -0.514. The molecule has 0 fully saturated rings. The Kier molecular flexibility index (Phi) is 8.81. The molecule has 3 atom stereocenters. The zero-order valence-corrected chi connectivity index (χ0v) is 19.4. The number of aliphatic hydroxyl groups is 3. The van der Waals surface area contributed by atoms with E-state index in [2.05, 4.69) is 5.32 Å². The molecule has 0 bridgehead atoms. The summed E-state index contributed by atoms with van der Waals surface area (Å²) >= 11 is 0. The van der Waals surface area contributed by atoms with Crippen molar-refractivity contribution in [2.24, 2.45) is 0 Å². The van der Waals surface area contributed by atoms with Crippen LogP contribution in [0.4, 0.5) is 11.4 Å². The summed E-state index contributed by atoms with van der Waals surface area (Å²) in [5.41, 5.74) is 2.29. The minimum atomic E-state index is -0.996. The number of nitrogens with one attached hydrogen (secondary N) is 1. The van der Waals surface area contributed by atoms with Crippen LogP contribution in [0, 0.1) is 0 Å². The number of likely N-dealkylation sites (N-methyl/N-ethyl adjacent to an activating group) is 1. The third-order valence-corrected chi connectivity index (χ3v) is 5.82. The van der Waals surface area contributed by atoms with Crippen LogP contribution < -0.4 is 10.2 Å². The Morgan fingerprint density at radius 3 is 2.06 bits per heavy atom. The second-order valence-corrected chi connectivity index (χ2v) is 7.81. The number of carbonyl (C=O) groups is 2. The molecule has 0 aliphatic heterocycles. The molecular formula is C24H31ClN2O5. The van der Waals surface area contributed by atoms with Gasteiger partial charge in [0.25, 0.3) is 0 Å². The molecule has 0 saturated carbocycles. The zero-order valence-electron chi connectivity index (χ0n) is 18.5. The second-order valence-electron chi connectivity index (χ2n) is 7.81. The molecule has 3 rings (SSSR count). The van der Waals surface area contributed by atoms with E-state index in [1.165, 1.54) is 0 Å². The first-order valence-corrected chi connectivity index (χ1v) is 10.7. The van der Waals surface area contributed by atoms with Crippen LogP contribution >= 0.6 is 12.4 Å². The largest absolute Gasteiger partial charge is 0.394 e. The fraction of sp³-hybridized carbons (Fsp3) is 0.417. The van der Waals surface area contributed by atoms with Gasteiger partial charge in [0.1, 0.15) is 0 Å². The lowest BCUT2D eigenvalue weighted by Gasteiger charge is -2.37. The van der Waals surface area contributed by atoms with Gasteiger partial charge >= 0.3 is 0 Å². The molecule has 2 aromatic carbocycles. The van der Waals surface area contributed by atoms with E-state index < -0.39 is 18.8 Å². The zero-order chi connectivity index (χ0) is 22.7. The molecule has 1 aliphatic carbocycles. The molecule has 7 nitrogen and oxygen atoms in total. The number of carbonyl (C=O) groups excluding carboxylic acids is 2. The summed E-state index contributed by atoms with van der Waals surface area (Å²) < 4.78 is 0. The van der Waals surface area contributed by atoms with Crippen molar-refractivity contribution in [1.29, 1.82) is 0 Å². The molecule has 0 radical (unpaired) electrons. The fourth-order valence-electron chi connectivity index (χ4n) is 4.29. The van der Waals surface area contributed by atoms with Crippen molar-refractivity contribution >= 4 is 35.3 Å². The number of aliphatic hydroxyl groups excluding tert-OH is 3. The van der Waals surface area contributed by atoms with Crippen molar-refractivity contribution < 1.29 is 24.9 Å². The van der Waals surface area contributed by atoms with Crippen molar-refractivity contribution in [2.45, 2.75) is 45.4 Å². The number of hydrogen-bond acceptors (Lipinski definition) is 7. The highest BCUT2D eigenvalue weighted by molar-refractivity contribution is 6.32. The van der Waals surface area contributed by atoms with Crippen molar-refractivity contribution in [3.63, 3.8) is 0 Å². The minimum absolute atomic E-state index is 0. The van der Waals surface area contributed by atoms with Crippen LogP contribution in [0.15, 0.2) is 36.4 Å². The van der Waals surface area contributed by atoms with Crippen LogP contribution in [0.2, 0.25) is 0 Å². The lowest BCUT2D eigenvalue weighted by Crippen LogP contribution is -2.43. The van der Waals surface area contributed by atoms with E-state index >= 15 is 0 Å². The normalized spacial score (nSPS) is 15.2. The molecule has 1 aliphatic rings. The summed E-state index contributed by atoms with van der Waals surface area (Å²) in [6.45, 7) is 5.81. The number of rotatable bonds is 9. The van der Waals surface area contributed by atoms with E-state index in [1.54, 1.807) is 43.3 Å². The van der Waals surface area contributed by atoms with E-state index in [9.17, 15) is 19.8 Å². The maximum atomic E-state index is 13.6. The van der Waals surface area contributed by atoms with Crippen molar-refractivity contribution in [3.8, 4) is 0 Å². The van der Waals surface area contributed by atoms with E-state index in [4.69, 9.17) is 5.11 Å². The van der Waals surface area contributed by atoms with Gasteiger partial charge in [-0.2, -0.15) is 0 Å². The standard InChI is InChI=1S/C24H30N2O5.ClH/c1-4-19(14(3)28)26(5-2)20-11-10-18(25-12-15(29)13-27)21-22(20)24(31)17-9-7-6-8-16(17)23(21)30;/h6-11,14-15,19,25,27-29H,4-5,12-13H2,1-3H3;1H. The topological polar surface area (TPSA) is 110 Å². The molecule has 8 heteroatoms. The summed E-state index contributed by atoms with van der Waals surface area (Å²) in [7, 11) is 0. The number of halogens is 1. The van der Waals surface area contributed by atoms with E-state index in [1.807, 2.05) is 18.7 Å². The van der Waals surface area contributed by atoms with Gasteiger partial charge in [-0.3, -0.25) is 9.59 Å². The molecule has 0 spiro atoms. The van der Waals surface area contributed by atoms with Crippen LogP contribution in [0.3, 0.4) is 0 Å². The third kappa shape index (κ3) is 4.66. The Hall–Kier alpha value is -2.45. The average Bonchev–Trinajstić information content (AvgIpc) is 2.78. The minimum Gasteiger partial charge on any atom is -0.394 e. The number of ketones is 2. The summed E-state index contributed by atoms with van der Waals surface area (Å²) in [5, 5.41) is 32.2. The Morgan fingerprint density at radius 2 is 1.56 bits per heavy atom. The van der Waals surface area contributed by atoms with Crippen LogP contribution in [0.25, 0.3) is 0 Å². The molecule has 3 unspecified atom stereocenters. The highest BCUT2D eigenvalue weighted by Gasteiger charge is 2.36. The SMILES string of the molecule is CCC(C(C)O)N(CC)c1ccc(NCC(O)CO)c2c1C(=O)c1ccccc1C2=O.Cl. The molecule has 4 N–H and O–H groups in total. The molecule has 2 aromatic rings. The van der Waals surface area contributed by atoms with Gasteiger partial charge < -0.3 is 25.5 Å². The Labute approximate surface area is 194 Å². The maximum Gasteiger partial charge on any atom is 0.196 e. The first-order chi connectivity index (χ1) is 14.8. The molecular weight excluding hydrogens is 432 g/mol. The van der Waals surface area contributed by atoms with Crippen LogP contribution in [0.5, 0.6) is 0 Å². The number of benzene rings is 2. The summed E-state index contributed by atoms with van der Waals surface area (Å²) in [6, 6.07) is 10.0. The van der Waals surface area contributed by atoms with Gasteiger partial charge in [-0.15, -0.1) is 12.4 Å². The predicted octanol–water partition coefficient (Wildman–Crippen LogP) is 2.63. The van der Waals surface area contributed by atoms with Gasteiger partial charge in [0.05, 0.1) is 36.0 Å². The van der Waals surface area contributed by atoms with Crippen molar-refractivity contribution in [3.05, 3.63) is 58.7 Å². The predicted molar refractivity (Wildman–Crippen MR) is 127 cm³/mol. The highest BCUT2D eigenvalue weighted by Crippen LogP contribution is 2.39. The van der Waals surface area contributed by atoms with Crippen LogP contribution in [0.1, 0.15) is 59.0 Å². The first kappa shape index (κ1) is 25.8. The van der Waals surface area contributed by atoms with Crippen LogP contribution in [-0.2, 0) is 0 Å². The Bertz CT molecular complexity index is 979. The smallest absolute Gasteiger partial charge is 0.196 e. The molecule has 0 heterocycles. The Balaban J connectivity index is 0.00000363. The van der Waals surface area contributed by atoms with Gasteiger partial charge in [-0.25, -0.2) is 0 Å². The van der Waals surface area contributed by atoms with Gasteiger partial charge in [0.15, 0.2) is 11.6 Å². The third-order valence-electron chi connectivity index (χ3n) is 5.82. The van der Waals surface area contributed by atoms with Crippen LogP contribution in [-0.4, -0.2) is 64.8 Å². The first-order valence-electron chi connectivity index (χ1n) is 10.7. The number of nitrogens with zero attached hydrogens (tertiary/aromatic N) is 1. The maximum absolute atomic E-state index is 13.6.